The number of Topliss-reactive ketones (excluding diaryl/α,β-unsaturated/α-hetero) is 1. The van der Waals surface area contributed by atoms with E-state index in [4.69, 9.17) is 33.8 Å². The molecule has 3 rings (SSSR count). The van der Waals surface area contributed by atoms with Crippen molar-refractivity contribution in [3.63, 3.8) is 0 Å². The van der Waals surface area contributed by atoms with E-state index in [1.807, 2.05) is 0 Å². The van der Waals surface area contributed by atoms with Crippen LogP contribution in [-0.4, -0.2) is 45.4 Å². The Morgan fingerprint density at radius 2 is 1.75 bits per heavy atom. The molecular weight excluding hydrogens is 412 g/mol. The van der Waals surface area contributed by atoms with E-state index >= 15 is 0 Å². The van der Waals surface area contributed by atoms with Gasteiger partial charge in [-0.1, -0.05) is 41.9 Å². The fourth-order valence-corrected chi connectivity index (χ4v) is 3.87. The van der Waals surface area contributed by atoms with Gasteiger partial charge < -0.3 is 14.7 Å². The van der Waals surface area contributed by atoms with Gasteiger partial charge in [0.15, 0.2) is 11.2 Å². The molecule has 2 aromatic carbocycles. The molecule has 1 aliphatic heterocycles. The van der Waals surface area contributed by atoms with Crippen LogP contribution in [0.3, 0.4) is 0 Å². The number of carbonyl (C=O) groups is 2. The van der Waals surface area contributed by atoms with Gasteiger partial charge in [0.2, 0.25) is 5.78 Å². The van der Waals surface area contributed by atoms with Gasteiger partial charge in [0.25, 0.3) is 5.85 Å². The molecule has 148 valence electrons. The highest BCUT2D eigenvalue weighted by Crippen LogP contribution is 2.48. The van der Waals surface area contributed by atoms with Crippen molar-refractivity contribution < 1.29 is 23.8 Å². The van der Waals surface area contributed by atoms with Gasteiger partial charge in [0.05, 0.1) is 0 Å². The number of aliphatic carboxylic acids is 1. The SMILES string of the molecule is COC1(C(=O)c2ccccc2)N(c2ccc(F)cc2)C(C(=O)O)C(N)(Cl)N1Cl. The maximum absolute atomic E-state index is 13.4. The second kappa shape index (κ2) is 7.31. The highest BCUT2D eigenvalue weighted by Gasteiger charge is 2.70. The summed E-state index contributed by atoms with van der Waals surface area (Å²) in [5.41, 5.74) is 6.33. The van der Waals surface area contributed by atoms with Crippen molar-refractivity contribution in [2.24, 2.45) is 5.73 Å². The largest absolute Gasteiger partial charge is 0.480 e. The number of nitrogens with two attached hydrogens (primary N) is 1. The fourth-order valence-electron chi connectivity index (χ4n) is 3.25. The number of hydrogen-bond donors (Lipinski definition) is 2. The Kier molecular flexibility index (Phi) is 5.35. The summed E-state index contributed by atoms with van der Waals surface area (Å²) in [5, 5.41) is 7.57. The molecule has 2 aromatic rings. The quantitative estimate of drug-likeness (QED) is 0.327. The zero-order valence-electron chi connectivity index (χ0n) is 14.6. The van der Waals surface area contributed by atoms with Crippen molar-refractivity contribution in [1.82, 2.24) is 4.42 Å². The number of hydrogen-bond acceptors (Lipinski definition) is 6. The number of ketones is 1. The first-order chi connectivity index (χ1) is 13.2. The average molecular weight is 428 g/mol. The molecule has 0 aliphatic carbocycles. The van der Waals surface area contributed by atoms with Crippen LogP contribution >= 0.6 is 23.4 Å². The molecule has 0 radical (unpaired) electrons. The highest BCUT2D eigenvalue weighted by atomic mass is 35.5. The minimum absolute atomic E-state index is 0.124. The smallest absolute Gasteiger partial charge is 0.331 e. The van der Waals surface area contributed by atoms with Gasteiger partial charge in [-0.15, -0.1) is 4.42 Å². The summed E-state index contributed by atoms with van der Waals surface area (Å²) in [6.45, 7) is 0. The van der Waals surface area contributed by atoms with Gasteiger partial charge in [-0.3, -0.25) is 10.5 Å². The van der Waals surface area contributed by atoms with E-state index in [0.29, 0.717) is 4.42 Å². The number of rotatable bonds is 5. The normalized spacial score (nSPS) is 27.8. The Labute approximate surface area is 170 Å². The lowest BCUT2D eigenvalue weighted by Crippen LogP contribution is -2.61. The minimum Gasteiger partial charge on any atom is -0.480 e. The lowest BCUT2D eigenvalue weighted by Gasteiger charge is -2.39. The van der Waals surface area contributed by atoms with Crippen LogP contribution in [0.1, 0.15) is 10.4 Å². The standard InChI is InChI=1S/C18H16Cl2FN3O4/c1-28-18(15(25)11-5-3-2-4-6-11)23(13-9-7-12(21)8-10-13)14(16(26)27)17(19,22)24(18)20/h2-10,14H,22H2,1H3,(H,26,27). The maximum atomic E-state index is 13.4. The first-order valence-corrected chi connectivity index (χ1v) is 8.76. The van der Waals surface area contributed by atoms with Crippen molar-refractivity contribution in [2.45, 2.75) is 17.0 Å². The molecule has 1 heterocycles. The molecule has 3 atom stereocenters. The van der Waals surface area contributed by atoms with Gasteiger partial charge in [0, 0.05) is 18.4 Å². The Morgan fingerprint density at radius 3 is 2.25 bits per heavy atom. The molecule has 1 fully saturated rings. The summed E-state index contributed by atoms with van der Waals surface area (Å²) >= 11 is 12.6. The number of carboxylic acids is 1. The number of alkyl halides is 1. The number of nitrogens with zero attached hydrogens (tertiary/aromatic N) is 2. The van der Waals surface area contributed by atoms with E-state index in [1.54, 1.807) is 18.2 Å². The lowest BCUT2D eigenvalue weighted by atomic mass is 10.0. The molecule has 3 unspecified atom stereocenters. The van der Waals surface area contributed by atoms with E-state index in [0.717, 1.165) is 17.0 Å². The first kappa shape index (κ1) is 20.5. The van der Waals surface area contributed by atoms with Crippen LogP contribution in [0.2, 0.25) is 0 Å². The Morgan fingerprint density at radius 1 is 1.18 bits per heavy atom. The molecule has 0 aromatic heterocycles. The van der Waals surface area contributed by atoms with E-state index < -0.39 is 34.6 Å². The van der Waals surface area contributed by atoms with Crippen molar-refractivity contribution in [3.05, 3.63) is 66.0 Å². The molecule has 3 N–H and O–H groups in total. The number of anilines is 1. The van der Waals surface area contributed by atoms with Crippen LogP contribution in [0.5, 0.6) is 0 Å². The second-order valence-corrected chi connectivity index (χ2v) is 7.05. The van der Waals surface area contributed by atoms with Crippen LogP contribution in [0.4, 0.5) is 10.1 Å². The van der Waals surface area contributed by atoms with Gasteiger partial charge in [-0.2, -0.15) is 0 Å². The third-order valence-electron chi connectivity index (χ3n) is 4.49. The number of methoxy groups -OCH3 is 1. The average Bonchev–Trinajstić information content (AvgIpc) is 2.86. The molecule has 1 aliphatic rings. The summed E-state index contributed by atoms with van der Waals surface area (Å²) < 4.78 is 19.6. The Hall–Kier alpha value is -2.23. The van der Waals surface area contributed by atoms with Crippen molar-refractivity contribution in [1.29, 1.82) is 0 Å². The fraction of sp³-hybridized carbons (Fsp3) is 0.222. The second-order valence-electron chi connectivity index (χ2n) is 6.10. The number of benzene rings is 2. The van der Waals surface area contributed by atoms with Crippen LogP contribution in [0.25, 0.3) is 0 Å². The molecule has 10 heteroatoms. The zero-order valence-corrected chi connectivity index (χ0v) is 16.1. The van der Waals surface area contributed by atoms with Crippen molar-refractivity contribution >= 4 is 40.8 Å². The summed E-state index contributed by atoms with van der Waals surface area (Å²) in [6.07, 6.45) is 0. The molecule has 0 saturated carbocycles. The Balaban J connectivity index is 2.28. The third-order valence-corrected chi connectivity index (χ3v) is 5.46. The van der Waals surface area contributed by atoms with Crippen LogP contribution in [0.15, 0.2) is 54.6 Å². The number of carboxylic acid groups (broad SMARTS) is 1. The van der Waals surface area contributed by atoms with E-state index in [-0.39, 0.29) is 11.3 Å². The predicted octanol–water partition coefficient (Wildman–Crippen LogP) is 2.59. The Bertz CT molecular complexity index is 897. The van der Waals surface area contributed by atoms with Crippen LogP contribution in [-0.2, 0) is 9.53 Å². The highest BCUT2D eigenvalue weighted by molar-refractivity contribution is 6.32. The van der Waals surface area contributed by atoms with E-state index in [1.165, 1.54) is 31.4 Å². The van der Waals surface area contributed by atoms with Crippen molar-refractivity contribution in [2.75, 3.05) is 12.0 Å². The monoisotopic (exact) mass is 427 g/mol. The predicted molar refractivity (Wildman–Crippen MR) is 101 cm³/mol. The zero-order chi connectivity index (χ0) is 20.7. The summed E-state index contributed by atoms with van der Waals surface area (Å²) in [4.78, 5) is 26.5. The van der Waals surface area contributed by atoms with E-state index in [9.17, 15) is 19.1 Å². The third kappa shape index (κ3) is 2.94. The van der Waals surface area contributed by atoms with Gasteiger partial charge in [-0.25, -0.2) is 9.18 Å². The molecular formula is C18H16Cl2FN3O4. The maximum Gasteiger partial charge on any atom is 0.331 e. The number of halogens is 3. The molecule has 28 heavy (non-hydrogen) atoms. The molecule has 1 saturated heterocycles. The summed E-state index contributed by atoms with van der Waals surface area (Å²) in [7, 11) is 1.17. The molecule has 7 nitrogen and oxygen atoms in total. The van der Waals surface area contributed by atoms with Crippen LogP contribution < -0.4 is 10.6 Å². The number of ether oxygens (including phenoxy) is 1. The lowest BCUT2D eigenvalue weighted by molar-refractivity contribution is -0.139. The van der Waals surface area contributed by atoms with Crippen LogP contribution in [0, 0.1) is 5.82 Å². The summed E-state index contributed by atoms with van der Waals surface area (Å²) in [5.74, 6) is -4.92. The first-order valence-electron chi connectivity index (χ1n) is 8.04. The minimum atomic E-state index is -2.23. The number of carbonyl (C=O) groups excluding carboxylic acids is 1. The van der Waals surface area contributed by atoms with E-state index in [2.05, 4.69) is 0 Å². The molecule has 0 bridgehead atoms. The molecule has 0 amide bonds. The summed E-state index contributed by atoms with van der Waals surface area (Å²) in [6, 6.07) is 11.0. The van der Waals surface area contributed by atoms with Gasteiger partial charge in [0.1, 0.15) is 5.82 Å². The van der Waals surface area contributed by atoms with Gasteiger partial charge in [-0.05, 0) is 36.0 Å². The van der Waals surface area contributed by atoms with Gasteiger partial charge >= 0.3 is 5.97 Å². The molecule has 0 spiro atoms. The topological polar surface area (TPSA) is 96.1 Å². The van der Waals surface area contributed by atoms with Crippen molar-refractivity contribution in [3.8, 4) is 0 Å².